The molecule has 3 aromatic rings. The number of pyridine rings is 1. The minimum Gasteiger partial charge on any atom is -0.296 e. The molecule has 1 aromatic carbocycles. The number of amides is 1. The van der Waals surface area contributed by atoms with E-state index < -0.39 is 0 Å². The number of anilines is 1. The summed E-state index contributed by atoms with van der Waals surface area (Å²) in [4.78, 5) is 20.9. The van der Waals surface area contributed by atoms with Crippen molar-refractivity contribution in [3.8, 4) is 11.3 Å². The average Bonchev–Trinajstić information content (AvgIpc) is 2.95. The van der Waals surface area contributed by atoms with Crippen LogP contribution in [0.25, 0.3) is 11.3 Å². The fourth-order valence-electron chi connectivity index (χ4n) is 2.06. The molecule has 1 amide bonds. The predicted octanol–water partition coefficient (Wildman–Crippen LogP) is 5.18. The molecule has 2 heterocycles. The Morgan fingerprint density at radius 3 is 2.87 bits per heavy atom. The Bertz CT molecular complexity index is 881. The molecule has 0 atom stereocenters. The van der Waals surface area contributed by atoms with Crippen LogP contribution in [0, 0.1) is 6.92 Å². The molecule has 0 aliphatic carbocycles. The molecule has 3 rings (SSSR count). The van der Waals surface area contributed by atoms with Crippen molar-refractivity contribution in [1.82, 2.24) is 9.97 Å². The van der Waals surface area contributed by atoms with Gasteiger partial charge < -0.3 is 0 Å². The maximum Gasteiger partial charge on any atom is 0.276 e. The van der Waals surface area contributed by atoms with Crippen LogP contribution in [-0.2, 0) is 0 Å². The summed E-state index contributed by atoms with van der Waals surface area (Å²) >= 11 is 10.8. The van der Waals surface area contributed by atoms with Crippen LogP contribution in [0.4, 0.5) is 5.13 Å². The summed E-state index contributed by atoms with van der Waals surface area (Å²) in [6.45, 7) is 1.84. The number of aryl methyl sites for hydroxylation is 1. The van der Waals surface area contributed by atoms with Crippen LogP contribution in [0.2, 0.25) is 5.02 Å². The Morgan fingerprint density at radius 1 is 1.35 bits per heavy atom. The first-order chi connectivity index (χ1) is 11.0. The van der Waals surface area contributed by atoms with Gasteiger partial charge in [-0.15, -0.1) is 11.3 Å². The lowest BCUT2D eigenvalue weighted by molar-refractivity contribution is 0.102. The third kappa shape index (κ3) is 3.60. The number of thiazole rings is 1. The zero-order chi connectivity index (χ0) is 16.4. The van der Waals surface area contributed by atoms with Crippen LogP contribution in [0.15, 0.2) is 46.4 Å². The summed E-state index contributed by atoms with van der Waals surface area (Å²) in [6.07, 6.45) is 1.60. The number of halogens is 2. The first-order valence-electron chi connectivity index (χ1n) is 6.68. The van der Waals surface area contributed by atoms with Crippen LogP contribution in [-0.4, -0.2) is 15.9 Å². The van der Waals surface area contributed by atoms with E-state index in [1.54, 1.807) is 6.20 Å². The van der Waals surface area contributed by atoms with Crippen LogP contribution in [0.3, 0.4) is 0 Å². The summed E-state index contributed by atoms with van der Waals surface area (Å²) in [7, 11) is 0. The Balaban J connectivity index is 1.82. The van der Waals surface area contributed by atoms with Crippen molar-refractivity contribution in [3.63, 3.8) is 0 Å². The molecule has 4 nitrogen and oxygen atoms in total. The third-order valence-corrected chi connectivity index (χ3v) is 4.66. The van der Waals surface area contributed by atoms with Crippen LogP contribution in [0.1, 0.15) is 16.1 Å². The Labute approximate surface area is 150 Å². The monoisotopic (exact) mass is 407 g/mol. The van der Waals surface area contributed by atoms with Gasteiger partial charge in [-0.2, -0.15) is 0 Å². The molecule has 2 aromatic heterocycles. The number of nitrogens with zero attached hydrogens (tertiary/aromatic N) is 2. The van der Waals surface area contributed by atoms with E-state index in [1.165, 1.54) is 11.3 Å². The lowest BCUT2D eigenvalue weighted by Gasteiger charge is -2.04. The molecular weight excluding hydrogens is 398 g/mol. The second-order valence-corrected chi connectivity index (χ2v) is 6.97. The van der Waals surface area contributed by atoms with E-state index >= 15 is 0 Å². The molecule has 0 radical (unpaired) electrons. The largest absolute Gasteiger partial charge is 0.296 e. The minimum absolute atomic E-state index is 0.282. The molecule has 0 fully saturated rings. The Hall–Kier alpha value is -1.76. The van der Waals surface area contributed by atoms with Crippen molar-refractivity contribution < 1.29 is 4.79 Å². The van der Waals surface area contributed by atoms with Crippen molar-refractivity contribution in [1.29, 1.82) is 0 Å². The van der Waals surface area contributed by atoms with Gasteiger partial charge in [-0.05, 0) is 40.5 Å². The van der Waals surface area contributed by atoms with Crippen molar-refractivity contribution in [2.24, 2.45) is 0 Å². The second kappa shape index (κ2) is 6.78. The van der Waals surface area contributed by atoms with Crippen molar-refractivity contribution in [3.05, 3.63) is 62.7 Å². The number of benzene rings is 1. The Morgan fingerprint density at radius 2 is 2.13 bits per heavy atom. The average molecular weight is 409 g/mol. The number of hydrogen-bond acceptors (Lipinski definition) is 4. The van der Waals surface area contributed by atoms with E-state index in [4.69, 9.17) is 11.6 Å². The molecule has 0 aliphatic rings. The summed E-state index contributed by atoms with van der Waals surface area (Å²) < 4.78 is 0.835. The highest BCUT2D eigenvalue weighted by atomic mass is 79.9. The van der Waals surface area contributed by atoms with E-state index in [2.05, 4.69) is 31.2 Å². The van der Waals surface area contributed by atoms with Crippen LogP contribution < -0.4 is 5.32 Å². The summed E-state index contributed by atoms with van der Waals surface area (Å²) in [6, 6.07) is 9.31. The normalized spacial score (nSPS) is 10.6. The molecule has 0 unspecified atom stereocenters. The number of carbonyl (C=O) groups excluding carboxylic acids is 1. The molecular formula is C16H11BrClN3OS. The molecule has 0 saturated heterocycles. The summed E-state index contributed by atoms with van der Waals surface area (Å²) in [5.41, 5.74) is 2.74. The van der Waals surface area contributed by atoms with E-state index in [-0.39, 0.29) is 5.91 Å². The molecule has 0 saturated carbocycles. The number of carbonyl (C=O) groups is 1. The van der Waals surface area contributed by atoms with Crippen molar-refractivity contribution in [2.75, 3.05) is 5.32 Å². The van der Waals surface area contributed by atoms with Gasteiger partial charge in [0.05, 0.1) is 5.69 Å². The highest BCUT2D eigenvalue weighted by molar-refractivity contribution is 9.10. The first kappa shape index (κ1) is 16.1. The molecule has 0 aliphatic heterocycles. The van der Waals surface area contributed by atoms with E-state index in [9.17, 15) is 4.79 Å². The predicted molar refractivity (Wildman–Crippen MR) is 97.2 cm³/mol. The fourth-order valence-corrected chi connectivity index (χ4v) is 3.44. The molecule has 116 valence electrons. The van der Waals surface area contributed by atoms with Crippen LogP contribution in [0.5, 0.6) is 0 Å². The maximum absolute atomic E-state index is 12.3. The van der Waals surface area contributed by atoms with Crippen molar-refractivity contribution >= 4 is 49.9 Å². The minimum atomic E-state index is -0.282. The number of nitrogens with one attached hydrogen (secondary N) is 1. The smallest absolute Gasteiger partial charge is 0.276 e. The second-order valence-electron chi connectivity index (χ2n) is 4.79. The number of aromatic nitrogens is 2. The highest BCUT2D eigenvalue weighted by Gasteiger charge is 2.14. The van der Waals surface area contributed by atoms with Gasteiger partial charge >= 0.3 is 0 Å². The Kier molecular flexibility index (Phi) is 4.75. The van der Waals surface area contributed by atoms with Crippen molar-refractivity contribution in [2.45, 2.75) is 6.92 Å². The van der Waals surface area contributed by atoms with Gasteiger partial charge in [-0.3, -0.25) is 10.1 Å². The molecule has 1 N–H and O–H groups in total. The zero-order valence-electron chi connectivity index (χ0n) is 12.0. The van der Waals surface area contributed by atoms with Gasteiger partial charge in [0.2, 0.25) is 0 Å². The molecule has 23 heavy (non-hydrogen) atoms. The summed E-state index contributed by atoms with van der Waals surface area (Å²) in [5.74, 6) is -0.282. The fraction of sp³-hybridized carbons (Fsp3) is 0.0625. The quantitative estimate of drug-likeness (QED) is 0.649. The SMILES string of the molecule is Cc1cc(Br)cnc1C(=O)Nc1nc(-c2ccccc2Cl)cs1. The lowest BCUT2D eigenvalue weighted by Crippen LogP contribution is -2.15. The van der Waals surface area contributed by atoms with Gasteiger partial charge in [0, 0.05) is 26.6 Å². The van der Waals surface area contributed by atoms with Gasteiger partial charge in [0.1, 0.15) is 5.69 Å². The highest BCUT2D eigenvalue weighted by Crippen LogP contribution is 2.30. The zero-order valence-corrected chi connectivity index (χ0v) is 15.2. The topological polar surface area (TPSA) is 54.9 Å². The van der Waals surface area contributed by atoms with Gasteiger partial charge in [0.15, 0.2) is 5.13 Å². The van der Waals surface area contributed by atoms with Gasteiger partial charge in [-0.1, -0.05) is 29.8 Å². The lowest BCUT2D eigenvalue weighted by atomic mass is 10.2. The molecule has 0 spiro atoms. The first-order valence-corrected chi connectivity index (χ1v) is 8.73. The standard InChI is InChI=1S/C16H11BrClN3OS/c1-9-6-10(17)7-19-14(9)15(22)21-16-20-13(8-23-16)11-4-2-3-5-12(11)18/h2-8H,1H3,(H,20,21,22). The van der Waals surface area contributed by atoms with E-state index in [1.807, 2.05) is 42.6 Å². The number of hydrogen-bond donors (Lipinski definition) is 1. The third-order valence-electron chi connectivity index (χ3n) is 3.13. The van der Waals surface area contributed by atoms with Crippen LogP contribution >= 0.6 is 38.9 Å². The summed E-state index contributed by atoms with van der Waals surface area (Å²) in [5, 5.41) is 5.77. The van der Waals surface area contributed by atoms with E-state index in [0.29, 0.717) is 15.8 Å². The molecule has 7 heteroatoms. The van der Waals surface area contributed by atoms with Gasteiger partial charge in [-0.25, -0.2) is 9.97 Å². The van der Waals surface area contributed by atoms with E-state index in [0.717, 1.165) is 21.3 Å². The number of rotatable bonds is 3. The maximum atomic E-state index is 12.3. The molecule has 0 bridgehead atoms. The van der Waals surface area contributed by atoms with Gasteiger partial charge in [0.25, 0.3) is 5.91 Å².